The predicted molar refractivity (Wildman–Crippen MR) is 409 cm³/mol. The minimum atomic E-state index is 0.586. The van der Waals surface area contributed by atoms with Crippen LogP contribution >= 0.6 is 0 Å². The van der Waals surface area contributed by atoms with Gasteiger partial charge in [-0.2, -0.15) is 5.26 Å². The third kappa shape index (κ3) is 9.15. The highest BCUT2D eigenvalue weighted by molar-refractivity contribution is 6.26. The molecule has 2 aliphatic heterocycles. The lowest BCUT2D eigenvalue weighted by atomic mass is 9.88. The molecule has 0 spiro atoms. The molecule has 0 atom stereocenters. The Morgan fingerprint density at radius 3 is 1.27 bits per heavy atom. The Hall–Kier alpha value is -13.9. The first kappa shape index (κ1) is 56.5. The molecule has 0 saturated carbocycles. The highest BCUT2D eigenvalue weighted by Gasteiger charge is 2.25. The molecular formula is C93H51N5O2. The number of benzene rings is 18. The molecule has 0 bridgehead atoms. The van der Waals surface area contributed by atoms with Crippen LogP contribution in [0, 0.1) is 17.9 Å². The van der Waals surface area contributed by atoms with Crippen molar-refractivity contribution < 1.29 is 9.47 Å². The van der Waals surface area contributed by atoms with Crippen LogP contribution in [0.2, 0.25) is 0 Å². The van der Waals surface area contributed by atoms with Gasteiger partial charge in [0.15, 0.2) is 23.2 Å². The molecule has 0 fully saturated rings. The van der Waals surface area contributed by atoms with E-state index in [0.717, 1.165) is 116 Å². The van der Waals surface area contributed by atoms with Crippen molar-refractivity contribution in [2.45, 2.75) is 0 Å². The second-order valence-electron chi connectivity index (χ2n) is 25.9. The normalized spacial score (nSPS) is 11.9. The Balaban J connectivity index is 0.000000144. The first-order chi connectivity index (χ1) is 49.4. The number of hydrogen-bond acceptors (Lipinski definition) is 6. The highest BCUT2D eigenvalue weighted by atomic mass is 16.5. The molecule has 19 aromatic rings. The van der Waals surface area contributed by atoms with Gasteiger partial charge in [-0.25, -0.2) is 19.8 Å². The van der Waals surface area contributed by atoms with E-state index >= 15 is 0 Å². The molecular weight excluding hydrogens is 1220 g/mol. The minimum absolute atomic E-state index is 0.586. The zero-order chi connectivity index (χ0) is 66.1. The smallest absolute Gasteiger partial charge is 0.195 e. The molecule has 0 unspecified atom stereocenters. The van der Waals surface area contributed by atoms with Crippen LogP contribution in [0.3, 0.4) is 0 Å². The van der Waals surface area contributed by atoms with E-state index in [0.29, 0.717) is 34.5 Å². The van der Waals surface area contributed by atoms with Gasteiger partial charge in [0.05, 0.1) is 18.2 Å². The number of nitrogens with zero attached hydrogens (tertiary/aromatic N) is 5. The van der Waals surface area contributed by atoms with Crippen molar-refractivity contribution in [3.05, 3.63) is 326 Å². The first-order valence-corrected chi connectivity index (χ1v) is 33.4. The van der Waals surface area contributed by atoms with Gasteiger partial charge in [-0.1, -0.05) is 231 Å². The maximum absolute atomic E-state index is 9.45. The number of ether oxygens (including phenoxy) is 2. The summed E-state index contributed by atoms with van der Waals surface area (Å²) < 4.78 is 12.6. The molecule has 100 heavy (non-hydrogen) atoms. The van der Waals surface area contributed by atoms with Crippen LogP contribution in [0.1, 0.15) is 5.56 Å². The Kier molecular flexibility index (Phi) is 12.6. The summed E-state index contributed by atoms with van der Waals surface area (Å²) in [6, 6.07) is 111. The summed E-state index contributed by atoms with van der Waals surface area (Å²) in [5.74, 6) is 5.12. The predicted octanol–water partition coefficient (Wildman–Crippen LogP) is 25.3. The molecule has 460 valence electrons. The fourth-order valence-electron chi connectivity index (χ4n) is 15.5. The van der Waals surface area contributed by atoms with Crippen LogP contribution in [0.5, 0.6) is 23.0 Å². The molecule has 18 aromatic carbocycles. The standard InChI is InChI=1S/C54H30N4O.C39H21NO/c55-31-32-14-23-44-46-25-24-43(45-12-7-13-47(51(45)46)59-48(44)26-32)34-17-15-33(16-18-34)41-27-37-19-21-39-29-42(30-40-22-20-38(28-41)49(37)50(39)40)54-57-52(35-8-3-1-4-9-35)56-53(58-54)36-10-5-2-6-11-36;1-40-34-17-19-36-39-31(6-3-7-32(34)39)33-22-27(16-18-35(33)41-36)23-8-10-24(11-9-23)30-20-28-14-12-25-4-2-5-26-13-15-29(21-30)38(28)37(25)26/h1-30H;2-22H. The quantitative estimate of drug-likeness (QED) is 0.117. The van der Waals surface area contributed by atoms with Gasteiger partial charge in [-0.3, -0.25) is 0 Å². The van der Waals surface area contributed by atoms with Gasteiger partial charge in [0.1, 0.15) is 23.0 Å². The van der Waals surface area contributed by atoms with Crippen LogP contribution in [0.4, 0.5) is 5.69 Å². The van der Waals surface area contributed by atoms with Crippen molar-refractivity contribution in [2.75, 3.05) is 0 Å². The number of aromatic nitrogens is 3. The van der Waals surface area contributed by atoms with Crippen LogP contribution < -0.4 is 9.47 Å². The van der Waals surface area contributed by atoms with Gasteiger partial charge in [-0.15, -0.1) is 0 Å². The molecule has 0 N–H and O–H groups in total. The summed E-state index contributed by atoms with van der Waals surface area (Å²) in [5, 5.41) is 28.7. The number of hydrogen-bond donors (Lipinski definition) is 0. The van der Waals surface area contributed by atoms with E-state index < -0.39 is 0 Å². The summed E-state index contributed by atoms with van der Waals surface area (Å²) in [7, 11) is 0. The zero-order valence-corrected chi connectivity index (χ0v) is 53.5. The number of fused-ring (bicyclic) bond motifs is 4. The molecule has 2 aliphatic rings. The topological polar surface area (TPSA) is 85.3 Å². The van der Waals surface area contributed by atoms with Crippen molar-refractivity contribution >= 4 is 91.9 Å². The second-order valence-corrected chi connectivity index (χ2v) is 25.9. The van der Waals surface area contributed by atoms with Crippen molar-refractivity contribution in [2.24, 2.45) is 0 Å². The zero-order valence-electron chi connectivity index (χ0n) is 53.5. The summed E-state index contributed by atoms with van der Waals surface area (Å²) in [6.45, 7) is 7.59. The van der Waals surface area contributed by atoms with Gasteiger partial charge in [0.25, 0.3) is 0 Å². The molecule has 0 aliphatic carbocycles. The van der Waals surface area contributed by atoms with E-state index in [1.807, 2.05) is 115 Å². The monoisotopic (exact) mass is 1270 g/mol. The van der Waals surface area contributed by atoms with Gasteiger partial charge in [0.2, 0.25) is 0 Å². The van der Waals surface area contributed by atoms with Crippen LogP contribution in [-0.4, -0.2) is 15.0 Å². The van der Waals surface area contributed by atoms with Crippen LogP contribution in [0.15, 0.2) is 309 Å². The first-order valence-electron chi connectivity index (χ1n) is 33.4. The van der Waals surface area contributed by atoms with Gasteiger partial charge < -0.3 is 9.47 Å². The Labute approximate surface area is 574 Å². The summed E-state index contributed by atoms with van der Waals surface area (Å²) in [6.07, 6.45) is 0. The van der Waals surface area contributed by atoms with Crippen LogP contribution in [-0.2, 0) is 0 Å². The molecule has 0 saturated heterocycles. The summed E-state index contributed by atoms with van der Waals surface area (Å²) in [5.41, 5.74) is 17.7. The SMILES string of the molecule is N#Cc1ccc2c(c1)Oc1cccc3c(-c4ccc(-c5cc6ccc7cc(-c8nc(-c9ccccc9)nc(-c9ccccc9)n8)cc8ccc(c5)c6c78)cc4)ccc-2c13.[C-]#[N+]c1ccc2c3c(cccc13)-c1cc(-c3ccc(-c4cc5ccc6cccc7ccc(c4)c5c67)cc3)ccc1O2. The Morgan fingerprint density at radius 1 is 0.260 bits per heavy atom. The molecule has 7 heteroatoms. The average molecular weight is 1270 g/mol. The molecule has 0 amide bonds. The van der Waals surface area contributed by atoms with Crippen molar-refractivity contribution in [3.63, 3.8) is 0 Å². The molecule has 7 nitrogen and oxygen atoms in total. The van der Waals surface area contributed by atoms with Gasteiger partial charge in [0, 0.05) is 38.6 Å². The van der Waals surface area contributed by atoms with E-state index in [1.54, 1.807) is 0 Å². The Morgan fingerprint density at radius 2 is 0.690 bits per heavy atom. The maximum Gasteiger partial charge on any atom is 0.195 e. The summed E-state index contributed by atoms with van der Waals surface area (Å²) in [4.78, 5) is 18.6. The molecule has 3 heterocycles. The lowest BCUT2D eigenvalue weighted by molar-refractivity contribution is 0.486. The average Bonchev–Trinajstić information content (AvgIpc) is 0.752. The molecule has 0 radical (unpaired) electrons. The fraction of sp³-hybridized carbons (Fsp3) is 0. The third-order valence-electron chi connectivity index (χ3n) is 20.2. The van der Waals surface area contributed by atoms with Crippen molar-refractivity contribution in [3.8, 4) is 130 Å². The second kappa shape index (κ2) is 22.4. The Bertz CT molecular complexity index is 6520. The van der Waals surface area contributed by atoms with Crippen LogP contribution in [0.25, 0.3) is 192 Å². The summed E-state index contributed by atoms with van der Waals surface area (Å²) >= 11 is 0. The lowest BCUT2D eigenvalue weighted by Gasteiger charge is -2.22. The molecule has 21 rings (SSSR count). The number of nitriles is 1. The van der Waals surface area contributed by atoms with Crippen molar-refractivity contribution in [1.29, 1.82) is 5.26 Å². The maximum atomic E-state index is 9.45. The van der Waals surface area contributed by atoms with E-state index in [2.05, 4.69) is 205 Å². The largest absolute Gasteiger partial charge is 0.456 e. The highest BCUT2D eigenvalue weighted by Crippen LogP contribution is 2.52. The van der Waals surface area contributed by atoms with E-state index in [9.17, 15) is 5.26 Å². The fourth-order valence-corrected chi connectivity index (χ4v) is 15.5. The minimum Gasteiger partial charge on any atom is -0.456 e. The van der Waals surface area contributed by atoms with Gasteiger partial charge >= 0.3 is 0 Å². The lowest BCUT2D eigenvalue weighted by Crippen LogP contribution is -2.00. The van der Waals surface area contributed by atoms with Crippen molar-refractivity contribution in [1.82, 2.24) is 15.0 Å². The van der Waals surface area contributed by atoms with E-state index in [4.69, 9.17) is 31.0 Å². The van der Waals surface area contributed by atoms with E-state index in [-0.39, 0.29) is 0 Å². The molecule has 1 aromatic heterocycles. The number of rotatable bonds is 7. The van der Waals surface area contributed by atoms with E-state index in [1.165, 1.54) is 70.6 Å². The van der Waals surface area contributed by atoms with Gasteiger partial charge in [-0.05, 0) is 210 Å². The third-order valence-corrected chi connectivity index (χ3v) is 20.2.